The van der Waals surface area contributed by atoms with Crippen molar-refractivity contribution in [2.75, 3.05) is 20.3 Å². The van der Waals surface area contributed by atoms with Crippen LogP contribution in [0, 0.1) is 0 Å². The number of carboxylic acid groups (broad SMARTS) is 1. The number of hydrogen-bond donors (Lipinski definition) is 3. The second kappa shape index (κ2) is 7.22. The molecule has 0 spiro atoms. The van der Waals surface area contributed by atoms with E-state index in [0.717, 1.165) is 0 Å². The molecule has 0 saturated heterocycles. The van der Waals surface area contributed by atoms with Crippen LogP contribution in [0.5, 0.6) is 11.5 Å². The van der Waals surface area contributed by atoms with Crippen molar-refractivity contribution in [1.82, 2.24) is 5.32 Å². The standard InChI is InChI=1S/C12H15NO6/c1-18-8-2-4-9(5-3-8)19-7-11(15)13-6-10(14)12(16)17/h2-5,10,14H,6-7H2,1H3,(H,13,15)(H,16,17). The SMILES string of the molecule is COc1ccc(OCC(=O)NCC(O)C(=O)O)cc1. The summed E-state index contributed by atoms with van der Waals surface area (Å²) >= 11 is 0. The number of carboxylic acids is 1. The molecule has 1 amide bonds. The minimum atomic E-state index is -1.62. The van der Waals surface area contributed by atoms with E-state index in [2.05, 4.69) is 5.32 Å². The highest BCUT2D eigenvalue weighted by atomic mass is 16.5. The van der Waals surface area contributed by atoms with Crippen LogP contribution in [0.1, 0.15) is 0 Å². The molecule has 0 bridgehead atoms. The third-order valence-electron chi connectivity index (χ3n) is 2.21. The van der Waals surface area contributed by atoms with Crippen molar-refractivity contribution in [3.8, 4) is 11.5 Å². The predicted molar refractivity (Wildman–Crippen MR) is 65.1 cm³/mol. The van der Waals surface area contributed by atoms with Gasteiger partial charge < -0.3 is 25.0 Å². The van der Waals surface area contributed by atoms with E-state index in [-0.39, 0.29) is 13.2 Å². The van der Waals surface area contributed by atoms with Gasteiger partial charge in [0.1, 0.15) is 11.5 Å². The lowest BCUT2D eigenvalue weighted by molar-refractivity contribution is -0.146. The molecule has 3 N–H and O–H groups in total. The van der Waals surface area contributed by atoms with Crippen LogP contribution in [-0.2, 0) is 9.59 Å². The molecule has 0 saturated carbocycles. The molecule has 1 unspecified atom stereocenters. The number of aliphatic hydroxyl groups is 1. The zero-order valence-corrected chi connectivity index (χ0v) is 10.3. The monoisotopic (exact) mass is 269 g/mol. The quantitative estimate of drug-likeness (QED) is 0.624. The Bertz CT molecular complexity index is 430. The molecule has 0 radical (unpaired) electrons. The lowest BCUT2D eigenvalue weighted by Gasteiger charge is -2.09. The van der Waals surface area contributed by atoms with Crippen LogP contribution in [0.25, 0.3) is 0 Å². The summed E-state index contributed by atoms with van der Waals surface area (Å²) in [6.07, 6.45) is -1.62. The van der Waals surface area contributed by atoms with Gasteiger partial charge in [-0.3, -0.25) is 4.79 Å². The molecular formula is C12H15NO6. The molecule has 0 aliphatic heterocycles. The summed E-state index contributed by atoms with van der Waals surface area (Å²) in [4.78, 5) is 21.6. The maximum atomic E-state index is 11.3. The summed E-state index contributed by atoms with van der Waals surface area (Å²) in [6.45, 7) is -0.626. The van der Waals surface area contributed by atoms with Crippen molar-refractivity contribution >= 4 is 11.9 Å². The Morgan fingerprint density at radius 3 is 2.37 bits per heavy atom. The third kappa shape index (κ3) is 5.26. The van der Waals surface area contributed by atoms with E-state index in [1.54, 1.807) is 24.3 Å². The van der Waals surface area contributed by atoms with E-state index >= 15 is 0 Å². The number of benzene rings is 1. The maximum absolute atomic E-state index is 11.3. The smallest absolute Gasteiger partial charge is 0.334 e. The number of aliphatic carboxylic acids is 1. The summed E-state index contributed by atoms with van der Waals surface area (Å²) in [5.74, 6) is -0.761. The molecule has 19 heavy (non-hydrogen) atoms. The van der Waals surface area contributed by atoms with Gasteiger partial charge in [0.2, 0.25) is 0 Å². The molecule has 0 heterocycles. The van der Waals surface area contributed by atoms with Gasteiger partial charge in [-0.2, -0.15) is 0 Å². The fourth-order valence-electron chi connectivity index (χ4n) is 1.17. The first-order valence-corrected chi connectivity index (χ1v) is 5.47. The molecule has 1 aromatic rings. The molecule has 0 fully saturated rings. The number of nitrogens with one attached hydrogen (secondary N) is 1. The first-order chi connectivity index (χ1) is 9.02. The molecule has 0 aliphatic carbocycles. The van der Waals surface area contributed by atoms with E-state index < -0.39 is 18.0 Å². The lowest BCUT2D eigenvalue weighted by atomic mass is 10.3. The second-order valence-corrected chi connectivity index (χ2v) is 3.62. The summed E-state index contributed by atoms with van der Waals surface area (Å²) in [7, 11) is 1.54. The van der Waals surface area contributed by atoms with E-state index in [1.807, 2.05) is 0 Å². The van der Waals surface area contributed by atoms with E-state index in [0.29, 0.717) is 11.5 Å². The third-order valence-corrected chi connectivity index (χ3v) is 2.21. The van der Waals surface area contributed by atoms with Gasteiger partial charge in [-0.1, -0.05) is 0 Å². The first kappa shape index (κ1) is 14.8. The van der Waals surface area contributed by atoms with Crippen molar-refractivity contribution in [3.63, 3.8) is 0 Å². The van der Waals surface area contributed by atoms with Crippen molar-refractivity contribution in [1.29, 1.82) is 0 Å². The number of carbonyl (C=O) groups excluding carboxylic acids is 1. The Labute approximate surface area is 109 Å². The average molecular weight is 269 g/mol. The van der Waals surface area contributed by atoms with Crippen LogP contribution in [0.4, 0.5) is 0 Å². The Kier molecular flexibility index (Phi) is 5.62. The lowest BCUT2D eigenvalue weighted by Crippen LogP contribution is -2.38. The van der Waals surface area contributed by atoms with Gasteiger partial charge in [0.05, 0.1) is 13.7 Å². The largest absolute Gasteiger partial charge is 0.497 e. The van der Waals surface area contributed by atoms with Crippen LogP contribution < -0.4 is 14.8 Å². The number of methoxy groups -OCH3 is 1. The highest BCUT2D eigenvalue weighted by Crippen LogP contribution is 2.16. The molecule has 1 atom stereocenters. The van der Waals surface area contributed by atoms with Crippen molar-refractivity contribution in [2.45, 2.75) is 6.10 Å². The summed E-state index contributed by atoms with van der Waals surface area (Å²) in [5, 5.41) is 19.6. The van der Waals surface area contributed by atoms with Gasteiger partial charge in [0, 0.05) is 0 Å². The van der Waals surface area contributed by atoms with Crippen LogP contribution in [0.2, 0.25) is 0 Å². The second-order valence-electron chi connectivity index (χ2n) is 3.62. The molecular weight excluding hydrogens is 254 g/mol. The van der Waals surface area contributed by atoms with Gasteiger partial charge in [-0.15, -0.1) is 0 Å². The van der Waals surface area contributed by atoms with Crippen molar-refractivity contribution < 1.29 is 29.3 Å². The normalized spacial score (nSPS) is 11.5. The number of hydrogen-bond acceptors (Lipinski definition) is 5. The van der Waals surface area contributed by atoms with Gasteiger partial charge in [-0.25, -0.2) is 4.79 Å². The van der Waals surface area contributed by atoms with Gasteiger partial charge in [-0.05, 0) is 24.3 Å². The Hall–Kier alpha value is -2.28. The topological polar surface area (TPSA) is 105 Å². The van der Waals surface area contributed by atoms with Crippen LogP contribution in [0.15, 0.2) is 24.3 Å². The van der Waals surface area contributed by atoms with Crippen LogP contribution in [-0.4, -0.2) is 48.5 Å². The minimum absolute atomic E-state index is 0.265. The predicted octanol–water partition coefficient (Wildman–Crippen LogP) is -0.364. The molecule has 7 nitrogen and oxygen atoms in total. The molecule has 104 valence electrons. The number of amides is 1. The van der Waals surface area contributed by atoms with Crippen LogP contribution in [0.3, 0.4) is 0 Å². The molecule has 7 heteroatoms. The zero-order chi connectivity index (χ0) is 14.3. The van der Waals surface area contributed by atoms with E-state index in [9.17, 15) is 9.59 Å². The fourth-order valence-corrected chi connectivity index (χ4v) is 1.17. The molecule has 1 aromatic carbocycles. The highest BCUT2D eigenvalue weighted by molar-refractivity contribution is 5.79. The number of aliphatic hydroxyl groups excluding tert-OH is 1. The number of ether oxygens (including phenoxy) is 2. The molecule has 0 aromatic heterocycles. The maximum Gasteiger partial charge on any atom is 0.334 e. The first-order valence-electron chi connectivity index (χ1n) is 5.47. The van der Waals surface area contributed by atoms with E-state index in [4.69, 9.17) is 19.7 Å². The van der Waals surface area contributed by atoms with Crippen molar-refractivity contribution in [3.05, 3.63) is 24.3 Å². The Morgan fingerprint density at radius 1 is 1.26 bits per heavy atom. The fraction of sp³-hybridized carbons (Fsp3) is 0.333. The summed E-state index contributed by atoms with van der Waals surface area (Å²) < 4.78 is 10.1. The zero-order valence-electron chi connectivity index (χ0n) is 10.3. The molecule has 1 rings (SSSR count). The minimum Gasteiger partial charge on any atom is -0.497 e. The van der Waals surface area contributed by atoms with E-state index in [1.165, 1.54) is 7.11 Å². The van der Waals surface area contributed by atoms with Crippen molar-refractivity contribution in [2.24, 2.45) is 0 Å². The van der Waals surface area contributed by atoms with Gasteiger partial charge >= 0.3 is 5.97 Å². The molecule has 0 aliphatic rings. The van der Waals surface area contributed by atoms with Gasteiger partial charge in [0.15, 0.2) is 12.7 Å². The Morgan fingerprint density at radius 2 is 1.84 bits per heavy atom. The Balaban J connectivity index is 2.31. The number of carbonyl (C=O) groups is 2. The highest BCUT2D eigenvalue weighted by Gasteiger charge is 2.14. The summed E-state index contributed by atoms with van der Waals surface area (Å²) in [5.41, 5.74) is 0. The summed E-state index contributed by atoms with van der Waals surface area (Å²) in [6, 6.07) is 6.64. The average Bonchev–Trinajstić information content (AvgIpc) is 2.42. The van der Waals surface area contributed by atoms with Gasteiger partial charge in [0.25, 0.3) is 5.91 Å². The number of rotatable bonds is 7. The van der Waals surface area contributed by atoms with Crippen LogP contribution >= 0.6 is 0 Å².